The van der Waals surface area contributed by atoms with E-state index < -0.39 is 0 Å². The van der Waals surface area contributed by atoms with E-state index in [1.807, 2.05) is 56.3 Å². The first-order valence-corrected chi connectivity index (χ1v) is 10.4. The van der Waals surface area contributed by atoms with Crippen LogP contribution in [0.2, 0.25) is 0 Å². The molecule has 0 aromatic heterocycles. The molecule has 29 heavy (non-hydrogen) atoms. The molecule has 3 rings (SSSR count). The van der Waals surface area contributed by atoms with Crippen LogP contribution in [0, 0.1) is 6.92 Å². The lowest BCUT2D eigenvalue weighted by Crippen LogP contribution is -2.33. The number of methoxy groups -OCH3 is 2. The number of nitrogens with one attached hydrogen (secondary N) is 1. The third-order valence-corrected chi connectivity index (χ3v) is 6.24. The van der Waals surface area contributed by atoms with Gasteiger partial charge in [-0.25, -0.2) is 0 Å². The van der Waals surface area contributed by atoms with E-state index in [9.17, 15) is 9.59 Å². The van der Waals surface area contributed by atoms with E-state index in [0.29, 0.717) is 18.0 Å². The Morgan fingerprint density at radius 3 is 2.52 bits per heavy atom. The molecule has 0 unspecified atom stereocenters. The maximum atomic E-state index is 12.8. The number of hydrogen-bond donors (Lipinski definition) is 1. The summed E-state index contributed by atoms with van der Waals surface area (Å²) in [5, 5.41) is 2.47. The van der Waals surface area contributed by atoms with Gasteiger partial charge in [0.25, 0.3) is 0 Å². The fourth-order valence-corrected chi connectivity index (χ4v) is 4.58. The summed E-state index contributed by atoms with van der Waals surface area (Å²) in [6.45, 7) is 4.22. The number of rotatable bonds is 7. The van der Waals surface area contributed by atoms with Crippen LogP contribution in [-0.4, -0.2) is 42.7 Å². The lowest BCUT2D eigenvalue weighted by atomic mass is 10.1. The average molecular weight is 415 g/mol. The van der Waals surface area contributed by atoms with E-state index in [0.717, 1.165) is 16.8 Å². The second kappa shape index (κ2) is 9.22. The third-order valence-electron chi connectivity index (χ3n) is 4.86. The van der Waals surface area contributed by atoms with Crippen LogP contribution in [0.25, 0.3) is 0 Å². The highest BCUT2D eigenvalue weighted by Crippen LogP contribution is 2.46. The first-order chi connectivity index (χ1) is 13.9. The van der Waals surface area contributed by atoms with Crippen molar-refractivity contribution in [2.75, 3.05) is 26.1 Å². The molecule has 0 radical (unpaired) electrons. The highest BCUT2D eigenvalue weighted by molar-refractivity contribution is 8.01. The zero-order valence-corrected chi connectivity index (χ0v) is 17.9. The molecule has 0 spiro atoms. The Kier molecular flexibility index (Phi) is 6.69. The van der Waals surface area contributed by atoms with Crippen LogP contribution < -0.4 is 14.8 Å². The molecule has 1 N–H and O–H groups in total. The predicted molar refractivity (Wildman–Crippen MR) is 115 cm³/mol. The summed E-state index contributed by atoms with van der Waals surface area (Å²) in [5.41, 5.74) is 2.75. The van der Waals surface area contributed by atoms with Gasteiger partial charge in [-0.3, -0.25) is 9.59 Å². The van der Waals surface area contributed by atoms with E-state index in [-0.39, 0.29) is 28.9 Å². The van der Waals surface area contributed by atoms with Gasteiger partial charge in [0.05, 0.1) is 19.5 Å². The summed E-state index contributed by atoms with van der Waals surface area (Å²) >= 11 is 1.55. The highest BCUT2D eigenvalue weighted by atomic mass is 32.2. The maximum absolute atomic E-state index is 12.8. The second-order valence-electron chi connectivity index (χ2n) is 6.93. The van der Waals surface area contributed by atoms with E-state index in [1.54, 1.807) is 30.9 Å². The van der Waals surface area contributed by atoms with Gasteiger partial charge >= 0.3 is 0 Å². The van der Waals surface area contributed by atoms with Crippen LogP contribution in [0.5, 0.6) is 11.5 Å². The highest BCUT2D eigenvalue weighted by Gasteiger charge is 2.39. The number of thioether (sulfide) groups is 1. The fraction of sp³-hybridized carbons (Fsp3) is 0.364. The molecule has 0 saturated carbocycles. The molecule has 154 valence electrons. The number of aryl methyl sites for hydroxylation is 1. The summed E-state index contributed by atoms with van der Waals surface area (Å²) in [6.07, 6.45) is 0.218. The van der Waals surface area contributed by atoms with Gasteiger partial charge in [0, 0.05) is 24.2 Å². The summed E-state index contributed by atoms with van der Waals surface area (Å²) in [6, 6.07) is 13.2. The Hall–Kier alpha value is -2.67. The zero-order valence-electron chi connectivity index (χ0n) is 17.1. The molecule has 2 aromatic carbocycles. The summed E-state index contributed by atoms with van der Waals surface area (Å²) in [5.74, 6) is 1.29. The Morgan fingerprint density at radius 2 is 1.86 bits per heavy atom. The number of nitrogens with zero attached hydrogens (tertiary/aromatic N) is 1. The van der Waals surface area contributed by atoms with Crippen LogP contribution in [0.1, 0.15) is 29.8 Å². The van der Waals surface area contributed by atoms with Crippen LogP contribution in [0.4, 0.5) is 5.69 Å². The van der Waals surface area contributed by atoms with Crippen LogP contribution in [0.3, 0.4) is 0 Å². The van der Waals surface area contributed by atoms with Crippen molar-refractivity contribution in [2.45, 2.75) is 30.9 Å². The van der Waals surface area contributed by atoms with Gasteiger partial charge in [-0.1, -0.05) is 17.7 Å². The average Bonchev–Trinajstić information content (AvgIpc) is 3.01. The number of amides is 2. The molecule has 1 aliphatic rings. The molecule has 7 heteroatoms. The maximum Gasteiger partial charge on any atom is 0.236 e. The normalized spacial score (nSPS) is 18.6. The molecule has 1 heterocycles. The van der Waals surface area contributed by atoms with Gasteiger partial charge in [-0.05, 0) is 44.2 Å². The van der Waals surface area contributed by atoms with Gasteiger partial charge in [0.15, 0.2) is 0 Å². The van der Waals surface area contributed by atoms with Gasteiger partial charge in [0.2, 0.25) is 11.8 Å². The van der Waals surface area contributed by atoms with Crippen molar-refractivity contribution in [1.82, 2.24) is 4.90 Å². The van der Waals surface area contributed by atoms with E-state index in [4.69, 9.17) is 9.47 Å². The van der Waals surface area contributed by atoms with Crippen LogP contribution >= 0.6 is 11.8 Å². The number of benzene rings is 2. The number of carbonyl (C=O) groups is 2. The number of anilines is 1. The molecule has 2 atom stereocenters. The van der Waals surface area contributed by atoms with Crippen LogP contribution in [0.15, 0.2) is 42.5 Å². The van der Waals surface area contributed by atoms with Gasteiger partial charge in [-0.15, -0.1) is 11.8 Å². The van der Waals surface area contributed by atoms with E-state index in [2.05, 4.69) is 5.32 Å². The molecule has 1 aliphatic heterocycles. The summed E-state index contributed by atoms with van der Waals surface area (Å²) < 4.78 is 10.8. The SMILES string of the molecule is COc1ccc(OC)c([C@@H]2S[C@H](C)C(=O)N2CCC(=O)Nc2ccc(C)cc2)c1. The van der Waals surface area contributed by atoms with Crippen LogP contribution in [-0.2, 0) is 9.59 Å². The molecule has 2 amide bonds. The van der Waals surface area contributed by atoms with Crippen molar-refractivity contribution < 1.29 is 19.1 Å². The Labute approximate surface area is 175 Å². The van der Waals surface area contributed by atoms with Gasteiger partial charge in [-0.2, -0.15) is 0 Å². The quantitative estimate of drug-likeness (QED) is 0.742. The van der Waals surface area contributed by atoms with Gasteiger partial charge < -0.3 is 19.7 Å². The molecule has 1 saturated heterocycles. The molecule has 0 aliphatic carbocycles. The van der Waals surface area contributed by atoms with Crippen molar-refractivity contribution in [3.8, 4) is 11.5 Å². The van der Waals surface area contributed by atoms with E-state index in [1.165, 1.54) is 0 Å². The summed E-state index contributed by atoms with van der Waals surface area (Å²) in [7, 11) is 3.21. The fourth-order valence-electron chi connectivity index (χ4n) is 3.26. The minimum atomic E-state index is -0.227. The summed E-state index contributed by atoms with van der Waals surface area (Å²) in [4.78, 5) is 26.9. The Morgan fingerprint density at radius 1 is 1.14 bits per heavy atom. The molecule has 2 aromatic rings. The lowest BCUT2D eigenvalue weighted by molar-refractivity contribution is -0.130. The van der Waals surface area contributed by atoms with Crippen molar-refractivity contribution in [2.24, 2.45) is 0 Å². The lowest BCUT2D eigenvalue weighted by Gasteiger charge is -2.25. The first-order valence-electron chi connectivity index (χ1n) is 9.47. The van der Waals surface area contributed by atoms with Crippen molar-refractivity contribution in [3.05, 3.63) is 53.6 Å². The Balaban J connectivity index is 1.73. The smallest absolute Gasteiger partial charge is 0.236 e. The molecular weight excluding hydrogens is 388 g/mol. The molecule has 0 bridgehead atoms. The van der Waals surface area contributed by atoms with E-state index >= 15 is 0 Å². The first kappa shape index (κ1) is 21.0. The number of carbonyl (C=O) groups excluding carboxylic acids is 2. The topological polar surface area (TPSA) is 67.9 Å². The molecule has 6 nitrogen and oxygen atoms in total. The standard InChI is InChI=1S/C22H26N2O4S/c1-14-5-7-16(8-6-14)23-20(25)11-12-24-21(26)15(2)29-22(24)18-13-17(27-3)9-10-19(18)28-4/h5-10,13,15,22H,11-12H2,1-4H3,(H,23,25)/t15-,22+/m1/s1. The van der Waals surface area contributed by atoms with Crippen molar-refractivity contribution >= 4 is 29.3 Å². The third kappa shape index (κ3) is 4.85. The largest absolute Gasteiger partial charge is 0.497 e. The Bertz CT molecular complexity index is 885. The van der Waals surface area contributed by atoms with Crippen molar-refractivity contribution in [3.63, 3.8) is 0 Å². The van der Waals surface area contributed by atoms with Gasteiger partial charge in [0.1, 0.15) is 16.9 Å². The predicted octanol–water partition coefficient (Wildman–Crippen LogP) is 4.00. The monoisotopic (exact) mass is 414 g/mol. The minimum absolute atomic E-state index is 0.0213. The second-order valence-corrected chi connectivity index (χ2v) is 8.36. The van der Waals surface area contributed by atoms with Crippen molar-refractivity contribution in [1.29, 1.82) is 0 Å². The molecule has 1 fully saturated rings. The molecular formula is C22H26N2O4S. The number of hydrogen-bond acceptors (Lipinski definition) is 5. The zero-order chi connectivity index (χ0) is 21.0. The number of ether oxygens (including phenoxy) is 2. The minimum Gasteiger partial charge on any atom is -0.497 e.